The summed E-state index contributed by atoms with van der Waals surface area (Å²) in [6.45, 7) is 0. The van der Waals surface area contributed by atoms with Crippen molar-refractivity contribution in [2.24, 2.45) is 0 Å². The first kappa shape index (κ1) is 28.8. The van der Waals surface area contributed by atoms with Crippen molar-refractivity contribution in [3.8, 4) is 5.69 Å². The molecule has 192 valence electrons. The van der Waals surface area contributed by atoms with Crippen LogP contribution in [0.5, 0.6) is 0 Å². The zero-order valence-electron chi connectivity index (χ0n) is 17.9. The van der Waals surface area contributed by atoms with Crippen molar-refractivity contribution in [2.45, 2.75) is 0 Å². The maximum absolute atomic E-state index is 12.4. The van der Waals surface area contributed by atoms with Crippen molar-refractivity contribution >= 4 is 92.1 Å². The highest BCUT2D eigenvalue weighted by Gasteiger charge is 2.14. The second-order valence-corrected chi connectivity index (χ2v) is 8.70. The van der Waals surface area contributed by atoms with Gasteiger partial charge >= 0.3 is 0 Å². The van der Waals surface area contributed by atoms with Crippen LogP contribution in [-0.4, -0.2) is 34.7 Å². The molecule has 4 N–H and O–H groups in total. The number of nitrogens with two attached hydrogens (primary N) is 2. The number of nitrogen functional groups attached to an aromatic ring is 2. The fraction of sp³-hybridized carbons (Fsp3) is 0. The van der Waals surface area contributed by atoms with Gasteiger partial charge < -0.3 is 11.5 Å². The van der Waals surface area contributed by atoms with Gasteiger partial charge in [0, 0.05) is 0 Å². The molecule has 0 bridgehead atoms. The molecule has 37 heavy (non-hydrogen) atoms. The van der Waals surface area contributed by atoms with Crippen molar-refractivity contribution in [1.29, 1.82) is 0 Å². The summed E-state index contributed by atoms with van der Waals surface area (Å²) in [5.41, 5.74) is 11.5. The lowest BCUT2D eigenvalue weighted by molar-refractivity contribution is 0.514. The number of nitrogens with zero attached hydrogens (tertiary/aromatic N) is 7. The Morgan fingerprint density at radius 3 is 1.92 bits per heavy atom. The molecule has 9 nitrogen and oxygen atoms in total. The third-order valence-corrected chi connectivity index (χ3v) is 6.09. The number of halogens is 8. The van der Waals surface area contributed by atoms with Crippen LogP contribution < -0.4 is 11.5 Å². The van der Waals surface area contributed by atoms with Crippen molar-refractivity contribution in [3.63, 3.8) is 0 Å². The van der Waals surface area contributed by atoms with E-state index in [1.54, 1.807) is 10.9 Å². The van der Waals surface area contributed by atoms with E-state index in [9.17, 15) is 8.78 Å². The average Bonchev–Trinajstić information content (AvgIpc) is 3.30. The number of hydrogen-bond donors (Lipinski definition) is 2. The predicted molar refractivity (Wildman–Crippen MR) is 142 cm³/mol. The third kappa shape index (κ3) is 6.95. The van der Waals surface area contributed by atoms with Crippen LogP contribution in [0.4, 0.5) is 20.3 Å². The Labute approximate surface area is 237 Å². The first-order valence-corrected chi connectivity index (χ1v) is 11.8. The molecular weight excluding hydrogens is 617 g/mol. The van der Waals surface area contributed by atoms with Crippen molar-refractivity contribution < 1.29 is 8.78 Å². The van der Waals surface area contributed by atoms with E-state index in [-0.39, 0.29) is 27.0 Å². The zero-order valence-corrected chi connectivity index (χ0v) is 22.4. The molecule has 0 saturated heterocycles. The molecule has 0 unspecified atom stereocenters. The zero-order chi connectivity index (χ0) is 27.3. The molecule has 0 radical (unpaired) electrons. The highest BCUT2D eigenvalue weighted by atomic mass is 35.5. The van der Waals surface area contributed by atoms with Gasteiger partial charge in [-0.25, -0.2) is 19.6 Å². The Morgan fingerprint density at radius 2 is 1.35 bits per heavy atom. The standard InChI is InChI=1S/C11H6Cl2N4.C5H2Cl2F2N2.C4H3Cl2N3/c12-9-8-6-14-17(7-4-2-1-3-5-7)10(8)16-11(13)15-9;6-1-3(10)2(7)5(9)11-4(1)8;5-2-3(6)8-1-9-4(2)7/h1-6H;(H2,10,11);1H,(H2,7,8,9). The number of aromatic nitrogens is 7. The summed E-state index contributed by atoms with van der Waals surface area (Å²) in [5.74, 6) is -2.12. The smallest absolute Gasteiger partial charge is 0.236 e. The van der Waals surface area contributed by atoms with E-state index in [2.05, 4.69) is 30.0 Å². The van der Waals surface area contributed by atoms with Crippen LogP contribution in [-0.2, 0) is 0 Å². The average molecular weight is 628 g/mol. The minimum Gasteiger partial charge on any atom is -0.396 e. The minimum atomic E-state index is -1.16. The molecule has 0 aliphatic carbocycles. The van der Waals surface area contributed by atoms with E-state index in [0.29, 0.717) is 16.2 Å². The van der Waals surface area contributed by atoms with Gasteiger partial charge in [0.05, 0.1) is 23.0 Å². The molecular formula is C20H11Cl6F2N9. The van der Waals surface area contributed by atoms with Crippen molar-refractivity contribution in [1.82, 2.24) is 34.7 Å². The van der Waals surface area contributed by atoms with Crippen LogP contribution in [0.1, 0.15) is 0 Å². The van der Waals surface area contributed by atoms with Gasteiger partial charge in [-0.1, -0.05) is 76.2 Å². The quantitative estimate of drug-likeness (QED) is 0.119. The number of pyridine rings is 1. The molecule has 0 atom stereocenters. The van der Waals surface area contributed by atoms with Gasteiger partial charge in [0.25, 0.3) is 0 Å². The van der Waals surface area contributed by atoms with Crippen LogP contribution in [0.3, 0.4) is 0 Å². The summed E-state index contributed by atoms with van der Waals surface area (Å²) in [6, 6.07) is 9.64. The second kappa shape index (κ2) is 12.6. The molecule has 4 aromatic heterocycles. The first-order valence-electron chi connectivity index (χ1n) is 9.50. The lowest BCUT2D eigenvalue weighted by Crippen LogP contribution is -1.98. The largest absolute Gasteiger partial charge is 0.396 e. The van der Waals surface area contributed by atoms with Crippen LogP contribution in [0.15, 0.2) is 42.9 Å². The Hall–Kier alpha value is -2.80. The number of anilines is 2. The van der Waals surface area contributed by atoms with Crippen LogP contribution >= 0.6 is 69.6 Å². The molecule has 1 aromatic carbocycles. The maximum atomic E-state index is 12.4. The molecule has 0 aliphatic heterocycles. The minimum absolute atomic E-state index is 0.111. The Balaban J connectivity index is 0.000000165. The molecule has 0 saturated carbocycles. The number of fused-ring (bicyclic) bond motifs is 1. The number of hydrogen-bond acceptors (Lipinski definition) is 8. The summed E-state index contributed by atoms with van der Waals surface area (Å²) in [5, 5.41) is 4.81. The lowest BCUT2D eigenvalue weighted by Gasteiger charge is -2.02. The highest BCUT2D eigenvalue weighted by molar-refractivity contribution is 6.42. The van der Waals surface area contributed by atoms with Gasteiger partial charge in [0.2, 0.25) is 17.2 Å². The summed E-state index contributed by atoms with van der Waals surface area (Å²) in [7, 11) is 0. The van der Waals surface area contributed by atoms with Gasteiger partial charge in [0.1, 0.15) is 32.4 Å². The topological polar surface area (TPSA) is 134 Å². The van der Waals surface area contributed by atoms with Crippen molar-refractivity contribution in [3.05, 3.63) is 85.4 Å². The van der Waals surface area contributed by atoms with E-state index < -0.39 is 21.9 Å². The maximum Gasteiger partial charge on any atom is 0.236 e. The van der Waals surface area contributed by atoms with E-state index in [0.717, 1.165) is 5.69 Å². The number of benzene rings is 1. The van der Waals surface area contributed by atoms with Gasteiger partial charge in [0.15, 0.2) is 10.8 Å². The third-order valence-electron chi connectivity index (χ3n) is 4.16. The molecule has 0 fully saturated rings. The molecule has 17 heteroatoms. The molecule has 5 aromatic rings. The second-order valence-electron chi connectivity index (χ2n) is 6.51. The Bertz CT molecular complexity index is 1510. The number of para-hydroxylation sites is 1. The first-order chi connectivity index (χ1) is 17.5. The Morgan fingerprint density at radius 1 is 0.730 bits per heavy atom. The summed E-state index contributed by atoms with van der Waals surface area (Å²) < 4.78 is 26.5. The lowest BCUT2D eigenvalue weighted by atomic mass is 10.3. The highest BCUT2D eigenvalue weighted by Crippen LogP contribution is 2.30. The van der Waals surface area contributed by atoms with Crippen LogP contribution in [0.2, 0.25) is 30.7 Å². The molecule has 4 heterocycles. The Kier molecular flexibility index (Phi) is 9.82. The van der Waals surface area contributed by atoms with Crippen LogP contribution in [0, 0.1) is 11.9 Å². The normalized spacial score (nSPS) is 10.4. The van der Waals surface area contributed by atoms with Crippen LogP contribution in [0.25, 0.3) is 16.7 Å². The fourth-order valence-electron chi connectivity index (χ4n) is 2.47. The molecule has 5 rings (SSSR count). The monoisotopic (exact) mass is 625 g/mol. The van der Waals surface area contributed by atoms with Gasteiger partial charge in [-0.05, 0) is 23.7 Å². The number of rotatable bonds is 1. The summed E-state index contributed by atoms with van der Waals surface area (Å²) in [6.07, 6.45) is 2.88. The van der Waals surface area contributed by atoms with Gasteiger partial charge in [-0.3, -0.25) is 0 Å². The predicted octanol–water partition coefficient (Wildman–Crippen LogP) is 6.74. The van der Waals surface area contributed by atoms with E-state index >= 15 is 0 Å². The van der Waals surface area contributed by atoms with Gasteiger partial charge in [-0.15, -0.1) is 0 Å². The van der Waals surface area contributed by atoms with Crippen molar-refractivity contribution in [2.75, 3.05) is 11.5 Å². The SMILES string of the molecule is Clc1nc(Cl)c2cnn(-c3ccccc3)c2n1.Nc1c(Cl)c(F)nc(F)c1Cl.Nc1ncnc(Cl)c1Cl. The van der Waals surface area contributed by atoms with Gasteiger partial charge in [-0.2, -0.15) is 23.8 Å². The van der Waals surface area contributed by atoms with E-state index in [1.807, 2.05) is 30.3 Å². The fourth-order valence-corrected chi connectivity index (χ4v) is 3.45. The molecule has 0 amide bonds. The van der Waals surface area contributed by atoms with E-state index in [4.69, 9.17) is 81.1 Å². The summed E-state index contributed by atoms with van der Waals surface area (Å²) in [4.78, 5) is 17.9. The summed E-state index contributed by atoms with van der Waals surface area (Å²) >= 11 is 33.2. The molecule has 0 aliphatic rings. The van der Waals surface area contributed by atoms with E-state index in [1.165, 1.54) is 6.33 Å². The molecule has 0 spiro atoms.